The normalized spacial score (nSPS) is 17.2. The summed E-state index contributed by atoms with van der Waals surface area (Å²) in [5.41, 5.74) is 19.5. The smallest absolute Gasteiger partial charge is 0.305 e. The number of amides is 14. The summed E-state index contributed by atoms with van der Waals surface area (Å²) in [7, 11) is 3.73. The van der Waals surface area contributed by atoms with E-state index in [2.05, 4.69) is 47.5 Å². The van der Waals surface area contributed by atoms with Gasteiger partial charge in [0.15, 0.2) is 17.5 Å². The van der Waals surface area contributed by atoms with Gasteiger partial charge >= 0.3 is 11.9 Å². The number of aldehydes is 1. The topological polar surface area (TPSA) is 598 Å². The highest BCUT2D eigenvalue weighted by Gasteiger charge is 2.48. The zero-order chi connectivity index (χ0) is 97.8. The second-order valence-electron chi connectivity index (χ2n) is 33.1. The Morgan fingerprint density at radius 3 is 1.63 bits per heavy atom. The minimum absolute atomic E-state index is 0.111. The molecule has 3 heterocycles. The molecule has 1 unspecified atom stereocenters. The van der Waals surface area contributed by atoms with Crippen molar-refractivity contribution in [3.05, 3.63) is 173 Å². The van der Waals surface area contributed by atoms with Crippen LogP contribution >= 0.6 is 11.8 Å². The van der Waals surface area contributed by atoms with Crippen LogP contribution < -0.4 is 59.7 Å². The number of phenols is 1. The van der Waals surface area contributed by atoms with Crippen molar-refractivity contribution in [3.63, 3.8) is 0 Å². The number of nitrogens with zero attached hydrogens (tertiary/aromatic N) is 5. The number of aromatic nitrogens is 1. The Balaban J connectivity index is 1.02. The maximum atomic E-state index is 15.6. The number of unbranched alkanes of at least 4 members (excludes halogenated alkanes) is 1. The van der Waals surface area contributed by atoms with Crippen LogP contribution in [0.2, 0.25) is 0 Å². The Morgan fingerprint density at radius 1 is 0.556 bits per heavy atom. The van der Waals surface area contributed by atoms with Crippen LogP contribution in [-0.2, 0) is 114 Å². The number of thioether (sulfide) groups is 1. The number of aromatic hydroxyl groups is 1. The molecule has 0 bridgehead atoms. The number of rotatable bonds is 49. The fourth-order valence-electron chi connectivity index (χ4n) is 15.6. The van der Waals surface area contributed by atoms with Gasteiger partial charge in [0.1, 0.15) is 78.5 Å². The van der Waals surface area contributed by atoms with Crippen molar-refractivity contribution >= 4 is 124 Å². The highest BCUT2D eigenvalue weighted by molar-refractivity contribution is 8.00. The Labute approximate surface area is 767 Å². The third-order valence-electron chi connectivity index (χ3n) is 22.8. The van der Waals surface area contributed by atoms with Crippen LogP contribution in [0.5, 0.6) is 5.75 Å². The number of likely N-dealkylation sites (tertiary alicyclic amines) is 2. The number of halogens is 3. The highest BCUT2D eigenvalue weighted by Crippen LogP contribution is 2.28. The van der Waals surface area contributed by atoms with E-state index in [1.807, 2.05) is 0 Å². The summed E-state index contributed by atoms with van der Waals surface area (Å²) in [6.45, 7) is 2.82. The largest absolute Gasteiger partial charge is 0.508 e. The van der Waals surface area contributed by atoms with E-state index in [9.17, 15) is 97.0 Å². The number of carboxylic acid groups (broad SMARTS) is 2. The molecule has 2 saturated heterocycles. The van der Waals surface area contributed by atoms with Gasteiger partial charge in [-0.2, -0.15) is 0 Å². The summed E-state index contributed by atoms with van der Waals surface area (Å²) < 4.78 is 45.0. The molecule has 8 rings (SSSR count). The van der Waals surface area contributed by atoms with Crippen LogP contribution in [0.1, 0.15) is 100.0 Å². The summed E-state index contributed by atoms with van der Waals surface area (Å²) in [5, 5.41) is 72.2. The van der Waals surface area contributed by atoms with E-state index in [-0.39, 0.29) is 63.7 Å². The van der Waals surface area contributed by atoms with Crippen LogP contribution in [-0.4, -0.2) is 306 Å². The quantitative estimate of drug-likeness (QED) is 0.0154. The van der Waals surface area contributed by atoms with Gasteiger partial charge in [-0.15, -0.1) is 11.8 Å². The SMILES string of the molecule is CCCC[C@@H](C(=O)N1C[C@H](O)C[C@@H]1C(=O)N[C@@H](CC(=O)O)C(=O)N[C@H](C(=O)N(C)C(C=O)Cc1ccccc1)C(C)C)N(C)C(=O)[C@H](Cc1ccccc1)N(C)C(=O)[C@H](Cc1cc(F)c(F)c(F)c1)NC(=O)CSC[C@H](NC(=O)[C@H](CCN)NC(=O)[C@H](Cc1ccc(O)cc1)NC(=O)[C@H](Cc1c[nH]c2ccccc12)NC(=O)[C@H]1C[C@@H](O)CN1C(=O)[C@@H](N)CC(=O)O)C(=O)NCC(N)=O. The fraction of sp³-hybridized carbons (Fsp3) is 0.456. The number of aliphatic hydroxyl groups excluding tert-OH is 2. The highest BCUT2D eigenvalue weighted by atomic mass is 32.2. The van der Waals surface area contributed by atoms with Gasteiger partial charge in [0.2, 0.25) is 82.7 Å². The minimum Gasteiger partial charge on any atom is -0.508 e. The first-order chi connectivity index (χ1) is 63.1. The molecule has 718 valence electrons. The van der Waals surface area contributed by atoms with E-state index in [1.165, 1.54) is 38.4 Å². The lowest BCUT2D eigenvalue weighted by Crippen LogP contribution is -2.61. The predicted molar refractivity (Wildman–Crippen MR) is 476 cm³/mol. The van der Waals surface area contributed by atoms with Crippen molar-refractivity contribution in [3.8, 4) is 5.75 Å². The molecule has 0 radical (unpaired) electrons. The zero-order valence-corrected chi connectivity index (χ0v) is 74.9. The van der Waals surface area contributed by atoms with Gasteiger partial charge in [0.05, 0.1) is 49.4 Å². The number of β-amino-alcohol motifs (C(OH)–C–C–N with tert-alkyl or cyclic N) is 2. The van der Waals surface area contributed by atoms with Gasteiger partial charge in [-0.1, -0.05) is 125 Å². The molecule has 2 fully saturated rings. The van der Waals surface area contributed by atoms with Gasteiger partial charge in [-0.05, 0) is 89.9 Å². The summed E-state index contributed by atoms with van der Waals surface area (Å²) >= 11 is 0.610. The Bertz CT molecular complexity index is 5140. The number of likely N-dealkylation sites (N-methyl/N-ethyl adjacent to an activating group) is 3. The number of aliphatic hydroxyl groups is 2. The maximum absolute atomic E-state index is 15.6. The number of nitrogens with one attached hydrogen (secondary N) is 9. The molecule has 0 saturated carbocycles. The second kappa shape index (κ2) is 49.7. The molecule has 20 N–H and O–H groups in total. The van der Waals surface area contributed by atoms with Crippen molar-refractivity contribution in [2.24, 2.45) is 23.1 Å². The van der Waals surface area contributed by atoms with Crippen LogP contribution in [0.4, 0.5) is 13.2 Å². The number of benzene rings is 5. The summed E-state index contributed by atoms with van der Waals surface area (Å²) in [5.74, 6) is -24.9. The number of carbonyl (C=O) groups excluding carboxylic acids is 15. The van der Waals surface area contributed by atoms with E-state index >= 15 is 23.2 Å². The van der Waals surface area contributed by atoms with Crippen molar-refractivity contribution in [1.82, 2.24) is 72.0 Å². The summed E-state index contributed by atoms with van der Waals surface area (Å²) in [4.78, 5) is 247. The van der Waals surface area contributed by atoms with Gasteiger partial charge in [-0.3, -0.25) is 76.7 Å². The van der Waals surface area contributed by atoms with E-state index in [0.29, 0.717) is 64.2 Å². The molecule has 2 aliphatic heterocycles. The van der Waals surface area contributed by atoms with E-state index < -0.39 is 271 Å². The first-order valence-electron chi connectivity index (χ1n) is 43.0. The average Bonchev–Trinajstić information content (AvgIpc) is 1.75. The third kappa shape index (κ3) is 29.8. The molecule has 14 amide bonds. The van der Waals surface area contributed by atoms with Crippen LogP contribution in [0.3, 0.4) is 0 Å². The van der Waals surface area contributed by atoms with E-state index in [0.717, 1.165) is 37.1 Å². The molecular formula is C90H114F3N17O22S. The molecule has 133 heavy (non-hydrogen) atoms. The molecule has 5 aromatic carbocycles. The first kappa shape index (κ1) is 105. The zero-order valence-electron chi connectivity index (χ0n) is 74.1. The molecule has 15 atom stereocenters. The molecule has 6 aromatic rings. The number of aliphatic carboxylic acids is 2. The summed E-state index contributed by atoms with van der Waals surface area (Å²) in [6, 6.07) is 9.30. The van der Waals surface area contributed by atoms with Crippen molar-refractivity contribution < 1.29 is 120 Å². The number of carbonyl (C=O) groups is 17. The molecule has 0 aliphatic carbocycles. The summed E-state index contributed by atoms with van der Waals surface area (Å²) in [6.07, 6.45) is -4.86. The number of phenolic OH excluding ortho intramolecular Hbond substituents is 1. The number of nitrogens with two attached hydrogens (primary N) is 3. The molecular weight excluding hydrogens is 1760 g/mol. The molecule has 43 heteroatoms. The van der Waals surface area contributed by atoms with Crippen molar-refractivity contribution in [2.45, 2.75) is 195 Å². The van der Waals surface area contributed by atoms with Crippen molar-refractivity contribution in [2.75, 3.05) is 58.8 Å². The monoisotopic (exact) mass is 1870 g/mol. The average molecular weight is 1880 g/mol. The number of carboxylic acids is 2. The van der Waals surface area contributed by atoms with Crippen LogP contribution in [0.15, 0.2) is 128 Å². The Kier molecular flexibility index (Phi) is 39.3. The lowest BCUT2D eigenvalue weighted by atomic mass is 9.99. The van der Waals surface area contributed by atoms with E-state index in [1.54, 1.807) is 112 Å². The lowest BCUT2D eigenvalue weighted by Gasteiger charge is -2.38. The Morgan fingerprint density at radius 2 is 1.07 bits per heavy atom. The number of fused-ring (bicyclic) bond motifs is 1. The first-order valence-corrected chi connectivity index (χ1v) is 44.2. The van der Waals surface area contributed by atoms with Gasteiger partial charge < -0.3 is 120 Å². The number of primary amides is 1. The standard InChI is InChI=1S/C90H114F3N17O22S/c1-7-8-23-69(89(131)110-44-57(114)38-71(110)85(127)103-66(40-76(119)120)83(125)105-78(48(2)3)90(132)106(4)54(45-111)30-49-17-11-9-12-18-49)107(5)88(130)72(35-50-19-13-10-14-20-50)108(6)87(129)67(34-52-31-59(91)77(93)60(92)32-52)99-74(116)47-133-46-68(79(121)98-42-73(96)115)104-80(122)63(28-29-94)100-81(123)64(33-51-24-26-55(112)27-25-51)101-82(124)65(36-53-41-97-62-22-16-15-21-58(53)62)102-84(126)70-37-56(113)43-109(70)86(128)61(95)39-75(117)118/h9-22,24-27,31-32,41,45,48,54,56-57,61,63-72,78,97,112-114H,7-8,23,28-30,33-40,42-44,46-47,94-95H2,1-6H3,(H2,96,115)(H,98,121)(H,99,116)(H,100,123)(H,101,124)(H,102,126)(H,103,127)(H,104,122)(H,105,125)(H,117,118)(H,119,120)/t54?,56-,57-,61+,63+,64+,65+,66+,67+,68+,69+,70-,71-,72+,78+/m1/s1. The minimum atomic E-state index is -1.93. The number of aromatic amines is 1. The number of hydrogen-bond donors (Lipinski definition) is 17. The van der Waals surface area contributed by atoms with Gasteiger partial charge in [0, 0.05) is 95.6 Å². The predicted octanol–water partition coefficient (Wildman–Crippen LogP) is -1.39. The molecule has 39 nitrogen and oxygen atoms in total. The van der Waals surface area contributed by atoms with Gasteiger partial charge in [0.25, 0.3) is 0 Å². The number of hydrogen-bond acceptors (Lipinski definition) is 23. The lowest BCUT2D eigenvalue weighted by molar-refractivity contribution is -0.152. The third-order valence-corrected chi connectivity index (χ3v) is 23.8. The Hall–Kier alpha value is -13.4. The number of para-hydroxylation sites is 1. The van der Waals surface area contributed by atoms with Crippen LogP contribution in [0, 0.1) is 23.4 Å². The number of H-pyrrole nitrogens is 1. The molecule has 0 spiro atoms. The van der Waals surface area contributed by atoms with E-state index in [4.69, 9.17) is 17.2 Å². The molecule has 2 aliphatic rings. The van der Waals surface area contributed by atoms with Crippen molar-refractivity contribution in [1.29, 1.82) is 0 Å². The molecule has 1 aromatic heterocycles. The fourth-order valence-corrected chi connectivity index (χ4v) is 16.5. The maximum Gasteiger partial charge on any atom is 0.305 e. The van der Waals surface area contributed by atoms with Crippen LogP contribution in [0.25, 0.3) is 10.9 Å². The second-order valence-corrected chi connectivity index (χ2v) is 34.2. The van der Waals surface area contributed by atoms with Gasteiger partial charge in [-0.25, -0.2) is 13.2 Å².